The molecule has 1 unspecified atom stereocenters. The van der Waals surface area contributed by atoms with Gasteiger partial charge in [0, 0.05) is 24.3 Å². The van der Waals surface area contributed by atoms with Crippen LogP contribution in [-0.4, -0.2) is 35.6 Å². The van der Waals surface area contributed by atoms with Crippen LogP contribution in [-0.2, 0) is 17.6 Å². The summed E-state index contributed by atoms with van der Waals surface area (Å²) in [6.45, 7) is 1.42. The first kappa shape index (κ1) is 19.9. The second kappa shape index (κ2) is 8.60. The van der Waals surface area contributed by atoms with Crippen molar-refractivity contribution < 1.29 is 9.59 Å². The molecule has 1 saturated heterocycles. The molecule has 0 N–H and O–H groups in total. The summed E-state index contributed by atoms with van der Waals surface area (Å²) in [6, 6.07) is 26.2. The number of hydrogen-bond donors (Lipinski definition) is 0. The molecule has 2 heterocycles. The molecule has 2 aliphatic rings. The summed E-state index contributed by atoms with van der Waals surface area (Å²) in [6.07, 6.45) is 1.74. The van der Waals surface area contributed by atoms with Crippen LogP contribution in [0.4, 0.5) is 5.69 Å². The van der Waals surface area contributed by atoms with Crippen LogP contribution in [0.25, 0.3) is 0 Å². The number of hydrogen-bond acceptors (Lipinski definition) is 3. The molecule has 0 saturated carbocycles. The van der Waals surface area contributed by atoms with Crippen molar-refractivity contribution in [3.05, 3.63) is 101 Å². The lowest BCUT2D eigenvalue weighted by molar-refractivity contribution is -0.128. The maximum absolute atomic E-state index is 13.1. The fraction of sp³-hybridized carbons (Fsp3) is 0.231. The minimum Gasteiger partial charge on any atom is -0.326 e. The molecule has 156 valence electrons. The van der Waals surface area contributed by atoms with Gasteiger partial charge in [0.15, 0.2) is 0 Å². The molecule has 31 heavy (non-hydrogen) atoms. The highest BCUT2D eigenvalue weighted by atomic mass is 32.2. The Hall–Kier alpha value is -3.05. The average Bonchev–Trinajstić information content (AvgIpc) is 3.41. The first-order valence-corrected chi connectivity index (χ1v) is 11.7. The van der Waals surface area contributed by atoms with Gasteiger partial charge in [-0.15, -0.1) is 11.8 Å². The third kappa shape index (κ3) is 3.98. The molecule has 5 rings (SSSR count). The predicted molar refractivity (Wildman–Crippen MR) is 125 cm³/mol. The number of benzene rings is 3. The summed E-state index contributed by atoms with van der Waals surface area (Å²) in [5.41, 5.74) is 5.23. The number of carbonyl (C=O) groups is 2. The van der Waals surface area contributed by atoms with Gasteiger partial charge in [-0.2, -0.15) is 0 Å². The van der Waals surface area contributed by atoms with Crippen molar-refractivity contribution in [3.63, 3.8) is 0 Å². The molecule has 4 nitrogen and oxygen atoms in total. The van der Waals surface area contributed by atoms with Crippen LogP contribution in [0, 0.1) is 0 Å². The van der Waals surface area contributed by atoms with E-state index in [1.165, 1.54) is 11.1 Å². The Morgan fingerprint density at radius 1 is 0.935 bits per heavy atom. The summed E-state index contributed by atoms with van der Waals surface area (Å²) in [7, 11) is 0. The predicted octanol–water partition coefficient (Wildman–Crippen LogP) is 4.71. The minimum atomic E-state index is 0.00729. The van der Waals surface area contributed by atoms with Gasteiger partial charge in [-0.05, 0) is 47.7 Å². The van der Waals surface area contributed by atoms with Gasteiger partial charge in [0.25, 0.3) is 5.91 Å². The van der Waals surface area contributed by atoms with Crippen molar-refractivity contribution in [3.8, 4) is 0 Å². The second-order valence-electron chi connectivity index (χ2n) is 7.94. The van der Waals surface area contributed by atoms with Gasteiger partial charge >= 0.3 is 0 Å². The fourth-order valence-corrected chi connectivity index (χ4v) is 5.58. The zero-order valence-corrected chi connectivity index (χ0v) is 18.1. The summed E-state index contributed by atoms with van der Waals surface area (Å²) in [5.74, 6) is 0.720. The van der Waals surface area contributed by atoms with Crippen molar-refractivity contribution in [1.29, 1.82) is 0 Å². The van der Waals surface area contributed by atoms with Crippen LogP contribution in [0.5, 0.6) is 0 Å². The van der Waals surface area contributed by atoms with E-state index in [2.05, 4.69) is 18.2 Å². The molecular formula is C26H24N2O2S. The van der Waals surface area contributed by atoms with Gasteiger partial charge in [-0.3, -0.25) is 9.59 Å². The molecule has 0 spiro atoms. The Labute approximate surface area is 186 Å². The Kier molecular flexibility index (Phi) is 5.51. The van der Waals surface area contributed by atoms with Crippen LogP contribution in [0.2, 0.25) is 0 Å². The van der Waals surface area contributed by atoms with Crippen LogP contribution in [0.15, 0.2) is 78.9 Å². The van der Waals surface area contributed by atoms with E-state index in [1.807, 2.05) is 70.5 Å². The van der Waals surface area contributed by atoms with Crippen molar-refractivity contribution in [2.45, 2.75) is 18.2 Å². The van der Waals surface area contributed by atoms with Crippen molar-refractivity contribution in [2.75, 3.05) is 23.7 Å². The van der Waals surface area contributed by atoms with Gasteiger partial charge in [0.1, 0.15) is 5.37 Å². The monoisotopic (exact) mass is 428 g/mol. The van der Waals surface area contributed by atoms with E-state index in [-0.39, 0.29) is 17.2 Å². The lowest BCUT2D eigenvalue weighted by atomic mass is 10.1. The van der Waals surface area contributed by atoms with E-state index in [0.717, 1.165) is 30.6 Å². The Morgan fingerprint density at radius 3 is 2.48 bits per heavy atom. The highest BCUT2D eigenvalue weighted by Gasteiger charge is 2.32. The largest absolute Gasteiger partial charge is 0.326 e. The van der Waals surface area contributed by atoms with E-state index in [9.17, 15) is 9.59 Å². The van der Waals surface area contributed by atoms with Gasteiger partial charge < -0.3 is 9.80 Å². The fourth-order valence-electron chi connectivity index (χ4n) is 4.36. The highest BCUT2D eigenvalue weighted by Crippen LogP contribution is 2.39. The molecule has 1 atom stereocenters. The highest BCUT2D eigenvalue weighted by molar-refractivity contribution is 8.00. The molecule has 3 aromatic carbocycles. The Bertz CT molecular complexity index is 1100. The number of thioether (sulfide) groups is 1. The maximum Gasteiger partial charge on any atom is 0.258 e. The van der Waals surface area contributed by atoms with Crippen molar-refractivity contribution >= 4 is 29.3 Å². The van der Waals surface area contributed by atoms with Gasteiger partial charge in [-0.25, -0.2) is 0 Å². The molecule has 1 fully saturated rings. The standard InChI is InChI=1S/C26H24N2O2S/c29-24-18-31-26(28(24)16-14-19-6-2-1-3-7-19)22-12-10-21(11-13-22)25(30)27-17-15-20-8-4-5-9-23(20)27/h1-13,26H,14-18H2. The molecule has 0 aromatic heterocycles. The Balaban J connectivity index is 1.30. The average molecular weight is 429 g/mol. The van der Waals surface area contributed by atoms with Crippen LogP contribution < -0.4 is 4.90 Å². The van der Waals surface area contributed by atoms with Crippen LogP contribution >= 0.6 is 11.8 Å². The molecule has 0 radical (unpaired) electrons. The molecule has 0 aliphatic carbocycles. The lowest BCUT2D eigenvalue weighted by Crippen LogP contribution is -2.30. The summed E-state index contributed by atoms with van der Waals surface area (Å²) < 4.78 is 0. The van der Waals surface area contributed by atoms with E-state index in [0.29, 0.717) is 17.9 Å². The van der Waals surface area contributed by atoms with Gasteiger partial charge in [0.2, 0.25) is 5.91 Å². The van der Waals surface area contributed by atoms with Crippen LogP contribution in [0.3, 0.4) is 0 Å². The summed E-state index contributed by atoms with van der Waals surface area (Å²) >= 11 is 1.66. The number of rotatable bonds is 5. The molecule has 5 heteroatoms. The number of para-hydroxylation sites is 1. The molecule has 2 amide bonds. The van der Waals surface area contributed by atoms with Gasteiger partial charge in [0.05, 0.1) is 5.75 Å². The molecular weight excluding hydrogens is 404 g/mol. The number of carbonyl (C=O) groups excluding carboxylic acids is 2. The topological polar surface area (TPSA) is 40.6 Å². The first-order chi connectivity index (χ1) is 15.2. The number of fused-ring (bicyclic) bond motifs is 1. The number of nitrogens with zero attached hydrogens (tertiary/aromatic N) is 2. The Morgan fingerprint density at radius 2 is 1.68 bits per heavy atom. The summed E-state index contributed by atoms with van der Waals surface area (Å²) in [5, 5.41) is 0.00729. The zero-order chi connectivity index (χ0) is 21.2. The van der Waals surface area contributed by atoms with E-state index < -0.39 is 0 Å². The first-order valence-electron chi connectivity index (χ1n) is 10.7. The summed E-state index contributed by atoms with van der Waals surface area (Å²) in [4.78, 5) is 29.4. The lowest BCUT2D eigenvalue weighted by Gasteiger charge is -2.24. The van der Waals surface area contributed by atoms with Crippen molar-refractivity contribution in [2.24, 2.45) is 0 Å². The minimum absolute atomic E-state index is 0.00729. The van der Waals surface area contributed by atoms with Crippen LogP contribution in [0.1, 0.15) is 32.4 Å². The third-order valence-corrected chi connectivity index (χ3v) is 7.28. The van der Waals surface area contributed by atoms with E-state index >= 15 is 0 Å². The maximum atomic E-state index is 13.1. The van der Waals surface area contributed by atoms with E-state index in [4.69, 9.17) is 0 Å². The normalized spacial score (nSPS) is 17.8. The number of amides is 2. The molecule has 3 aromatic rings. The SMILES string of the molecule is O=C(c1ccc(C2SCC(=O)N2CCc2ccccc2)cc1)N1CCc2ccccc21. The molecule has 0 bridgehead atoms. The van der Waals surface area contributed by atoms with Crippen molar-refractivity contribution in [1.82, 2.24) is 4.90 Å². The second-order valence-corrected chi connectivity index (χ2v) is 9.01. The van der Waals surface area contributed by atoms with E-state index in [1.54, 1.807) is 11.8 Å². The number of anilines is 1. The smallest absolute Gasteiger partial charge is 0.258 e. The zero-order valence-electron chi connectivity index (χ0n) is 17.2. The molecule has 2 aliphatic heterocycles. The quantitative estimate of drug-likeness (QED) is 0.591. The third-order valence-electron chi connectivity index (χ3n) is 6.03. The van der Waals surface area contributed by atoms with Gasteiger partial charge in [-0.1, -0.05) is 60.7 Å².